The minimum absolute atomic E-state index is 0.190. The van der Waals surface area contributed by atoms with Crippen molar-refractivity contribution in [1.82, 2.24) is 9.91 Å². The van der Waals surface area contributed by atoms with Crippen molar-refractivity contribution in [2.24, 2.45) is 16.9 Å². The average Bonchev–Trinajstić information content (AvgIpc) is 3.23. The molecule has 122 valence electrons. The Kier molecular flexibility index (Phi) is 3.54. The van der Waals surface area contributed by atoms with Crippen LogP contribution in [-0.2, 0) is 0 Å². The van der Waals surface area contributed by atoms with Crippen LogP contribution in [0.4, 0.5) is 13.6 Å². The number of hydrogen-bond donors (Lipinski definition) is 0. The van der Waals surface area contributed by atoms with Gasteiger partial charge in [-0.25, -0.2) is 18.6 Å². The van der Waals surface area contributed by atoms with E-state index in [2.05, 4.69) is 5.10 Å². The van der Waals surface area contributed by atoms with Gasteiger partial charge in [0.15, 0.2) is 0 Å². The molecule has 0 N–H and O–H groups in total. The molecule has 0 radical (unpaired) electrons. The van der Waals surface area contributed by atoms with E-state index in [0.29, 0.717) is 18.3 Å². The Balaban J connectivity index is 1.54. The molecule has 3 atom stereocenters. The van der Waals surface area contributed by atoms with Crippen LogP contribution in [0.15, 0.2) is 23.3 Å². The Morgan fingerprint density at radius 2 is 1.91 bits per heavy atom. The molecule has 2 heterocycles. The number of carbonyl (C=O) groups excluding carboxylic acids is 1. The highest BCUT2D eigenvalue weighted by atomic mass is 19.1. The van der Waals surface area contributed by atoms with Gasteiger partial charge in [-0.3, -0.25) is 0 Å². The van der Waals surface area contributed by atoms with Crippen LogP contribution in [0.2, 0.25) is 0 Å². The number of fused-ring (bicyclic) bond motifs is 1. The van der Waals surface area contributed by atoms with Crippen LogP contribution in [0.25, 0.3) is 0 Å². The van der Waals surface area contributed by atoms with Gasteiger partial charge >= 0.3 is 6.03 Å². The summed E-state index contributed by atoms with van der Waals surface area (Å²) in [6.45, 7) is 1.52. The monoisotopic (exact) mass is 319 g/mol. The van der Waals surface area contributed by atoms with Crippen molar-refractivity contribution in [3.8, 4) is 0 Å². The number of urea groups is 1. The van der Waals surface area contributed by atoms with E-state index in [0.717, 1.165) is 31.3 Å². The van der Waals surface area contributed by atoms with E-state index in [1.807, 2.05) is 4.90 Å². The van der Waals surface area contributed by atoms with E-state index < -0.39 is 17.7 Å². The van der Waals surface area contributed by atoms with Crippen molar-refractivity contribution in [1.29, 1.82) is 0 Å². The van der Waals surface area contributed by atoms with Crippen LogP contribution in [0.1, 0.15) is 37.3 Å². The molecule has 2 fully saturated rings. The van der Waals surface area contributed by atoms with Gasteiger partial charge in [0.05, 0.1) is 6.04 Å². The summed E-state index contributed by atoms with van der Waals surface area (Å²) < 4.78 is 27.5. The molecule has 0 bridgehead atoms. The Hall–Kier alpha value is -1.98. The lowest BCUT2D eigenvalue weighted by molar-refractivity contribution is 0.147. The molecule has 0 aromatic heterocycles. The first-order chi connectivity index (χ1) is 11.1. The quantitative estimate of drug-likeness (QED) is 0.780. The topological polar surface area (TPSA) is 35.9 Å². The molecule has 2 amide bonds. The summed E-state index contributed by atoms with van der Waals surface area (Å²) in [4.78, 5) is 14.6. The summed E-state index contributed by atoms with van der Waals surface area (Å²) in [6, 6.07) is 2.60. The molecule has 1 aromatic carbocycles. The molecule has 1 unspecified atom stereocenters. The van der Waals surface area contributed by atoms with E-state index in [1.54, 1.807) is 6.21 Å². The van der Waals surface area contributed by atoms with Gasteiger partial charge in [-0.2, -0.15) is 5.10 Å². The molecule has 0 spiro atoms. The zero-order valence-corrected chi connectivity index (χ0v) is 12.8. The molecule has 1 aromatic rings. The SMILES string of the molecule is O=C(N1C[C@H]2CCC[C@H]2C1)N1N=CCC1c1cc(F)ccc1F. The van der Waals surface area contributed by atoms with E-state index in [9.17, 15) is 13.6 Å². The van der Waals surface area contributed by atoms with Crippen molar-refractivity contribution < 1.29 is 13.6 Å². The van der Waals surface area contributed by atoms with Crippen molar-refractivity contribution >= 4 is 12.2 Å². The van der Waals surface area contributed by atoms with Crippen LogP contribution in [0.5, 0.6) is 0 Å². The minimum Gasteiger partial charge on any atom is -0.323 e. The summed E-state index contributed by atoms with van der Waals surface area (Å²) >= 11 is 0. The second-order valence-electron chi connectivity index (χ2n) is 6.70. The van der Waals surface area contributed by atoms with E-state index in [4.69, 9.17) is 0 Å². The molecular formula is C17H19F2N3O. The van der Waals surface area contributed by atoms with Crippen LogP contribution in [0.3, 0.4) is 0 Å². The third kappa shape index (κ3) is 2.50. The first kappa shape index (κ1) is 14.6. The smallest absolute Gasteiger partial charge is 0.323 e. The van der Waals surface area contributed by atoms with Gasteiger partial charge in [0.1, 0.15) is 11.6 Å². The van der Waals surface area contributed by atoms with Gasteiger partial charge in [0.2, 0.25) is 0 Å². The van der Waals surface area contributed by atoms with Crippen molar-refractivity contribution in [3.05, 3.63) is 35.4 Å². The lowest BCUT2D eigenvalue weighted by Crippen LogP contribution is -2.40. The van der Waals surface area contributed by atoms with Crippen LogP contribution < -0.4 is 0 Å². The number of halogens is 2. The number of amides is 2. The number of carbonyl (C=O) groups is 1. The molecule has 23 heavy (non-hydrogen) atoms. The number of hydrogen-bond acceptors (Lipinski definition) is 2. The van der Waals surface area contributed by atoms with Crippen LogP contribution in [0, 0.1) is 23.5 Å². The maximum Gasteiger partial charge on any atom is 0.341 e. The van der Waals surface area contributed by atoms with Gasteiger partial charge in [0.25, 0.3) is 0 Å². The second-order valence-corrected chi connectivity index (χ2v) is 6.70. The third-order valence-electron chi connectivity index (χ3n) is 5.34. The molecule has 2 aliphatic heterocycles. The Morgan fingerprint density at radius 1 is 1.17 bits per heavy atom. The van der Waals surface area contributed by atoms with Gasteiger partial charge in [-0.1, -0.05) is 6.42 Å². The zero-order chi connectivity index (χ0) is 16.0. The fourth-order valence-corrected chi connectivity index (χ4v) is 4.16. The molecule has 3 aliphatic rings. The second kappa shape index (κ2) is 5.58. The van der Waals surface area contributed by atoms with Crippen molar-refractivity contribution in [2.45, 2.75) is 31.7 Å². The fraction of sp³-hybridized carbons (Fsp3) is 0.529. The van der Waals surface area contributed by atoms with Gasteiger partial charge in [0, 0.05) is 31.3 Å². The highest BCUT2D eigenvalue weighted by Gasteiger charge is 2.41. The highest BCUT2D eigenvalue weighted by Crippen LogP contribution is 2.39. The Labute approximate surface area is 133 Å². The van der Waals surface area contributed by atoms with Crippen LogP contribution >= 0.6 is 0 Å². The predicted octanol–water partition coefficient (Wildman–Crippen LogP) is 3.55. The van der Waals surface area contributed by atoms with Gasteiger partial charge in [-0.15, -0.1) is 0 Å². The van der Waals surface area contributed by atoms with Crippen LogP contribution in [-0.4, -0.2) is 35.2 Å². The predicted molar refractivity (Wildman–Crippen MR) is 81.8 cm³/mol. The summed E-state index contributed by atoms with van der Waals surface area (Å²) in [7, 11) is 0. The standard InChI is InChI=1S/C17H19F2N3O/c18-13-4-5-15(19)14(8-13)16-6-7-20-22(16)17(23)21-9-11-2-1-3-12(11)10-21/h4-5,7-8,11-12,16H,1-3,6,9-10H2/t11-,12+,16?. The van der Waals surface area contributed by atoms with Gasteiger partial charge in [-0.05, 0) is 42.9 Å². The number of nitrogens with zero attached hydrogens (tertiary/aromatic N) is 3. The van der Waals surface area contributed by atoms with Gasteiger partial charge < -0.3 is 4.90 Å². The molecule has 4 rings (SSSR count). The summed E-state index contributed by atoms with van der Waals surface area (Å²) in [5, 5.41) is 5.45. The highest BCUT2D eigenvalue weighted by molar-refractivity contribution is 5.78. The van der Waals surface area contributed by atoms with E-state index in [1.165, 1.54) is 24.3 Å². The summed E-state index contributed by atoms with van der Waals surface area (Å²) in [5.41, 5.74) is 0.190. The summed E-state index contributed by atoms with van der Waals surface area (Å²) in [5.74, 6) is 0.180. The first-order valence-corrected chi connectivity index (χ1v) is 8.19. The molecule has 1 saturated heterocycles. The Bertz CT molecular complexity index is 651. The number of benzene rings is 1. The number of hydrazone groups is 1. The molecule has 1 saturated carbocycles. The maximum atomic E-state index is 14.0. The molecular weight excluding hydrogens is 300 g/mol. The fourth-order valence-electron chi connectivity index (χ4n) is 4.16. The lowest BCUT2D eigenvalue weighted by Gasteiger charge is -2.28. The van der Waals surface area contributed by atoms with E-state index >= 15 is 0 Å². The molecule has 4 nitrogen and oxygen atoms in total. The molecule has 1 aliphatic carbocycles. The normalized spacial score (nSPS) is 29.4. The average molecular weight is 319 g/mol. The summed E-state index contributed by atoms with van der Waals surface area (Å²) in [6.07, 6.45) is 5.62. The van der Waals surface area contributed by atoms with Crippen molar-refractivity contribution in [2.75, 3.05) is 13.1 Å². The Morgan fingerprint density at radius 3 is 2.65 bits per heavy atom. The largest absolute Gasteiger partial charge is 0.341 e. The lowest BCUT2D eigenvalue weighted by atomic mass is 10.0. The number of rotatable bonds is 1. The first-order valence-electron chi connectivity index (χ1n) is 8.19. The number of likely N-dealkylation sites (tertiary alicyclic amines) is 1. The maximum absolute atomic E-state index is 14.0. The van der Waals surface area contributed by atoms with E-state index in [-0.39, 0.29) is 11.6 Å². The minimum atomic E-state index is -0.557. The zero-order valence-electron chi connectivity index (χ0n) is 12.8. The third-order valence-corrected chi connectivity index (χ3v) is 5.34. The van der Waals surface area contributed by atoms with Crippen molar-refractivity contribution in [3.63, 3.8) is 0 Å². The molecule has 6 heteroatoms.